The number of benzene rings is 3. The number of likely N-dealkylation sites (N-methyl/N-ethyl adjacent to an activating group) is 1. The molecule has 1 aliphatic heterocycles. The molecule has 0 radical (unpaired) electrons. The Labute approximate surface area is 317 Å². The van der Waals surface area contributed by atoms with Gasteiger partial charge >= 0.3 is 12.1 Å². The van der Waals surface area contributed by atoms with E-state index in [1.807, 2.05) is 52.0 Å². The van der Waals surface area contributed by atoms with Crippen LogP contribution in [0.1, 0.15) is 94.0 Å². The molecule has 0 saturated heterocycles. The lowest BCUT2D eigenvalue weighted by molar-refractivity contribution is -0.152. The van der Waals surface area contributed by atoms with E-state index in [2.05, 4.69) is 5.32 Å². The highest BCUT2D eigenvalue weighted by atomic mass is 19.1. The van der Waals surface area contributed by atoms with E-state index in [4.69, 9.17) is 9.47 Å². The largest absolute Gasteiger partial charge is 0.465 e. The van der Waals surface area contributed by atoms with Crippen LogP contribution < -0.4 is 5.32 Å². The maximum Gasteiger partial charge on any atom is 0.410 e. The van der Waals surface area contributed by atoms with Crippen LogP contribution in [0.2, 0.25) is 0 Å². The third-order valence-electron chi connectivity index (χ3n) is 9.69. The van der Waals surface area contributed by atoms with Crippen molar-refractivity contribution in [1.29, 1.82) is 0 Å². The van der Waals surface area contributed by atoms with Crippen molar-refractivity contribution in [1.82, 2.24) is 20.0 Å². The summed E-state index contributed by atoms with van der Waals surface area (Å²) in [5.41, 5.74) is 1.99. The van der Waals surface area contributed by atoms with Crippen LogP contribution in [-0.4, -0.2) is 82.4 Å². The van der Waals surface area contributed by atoms with Gasteiger partial charge in [0.15, 0.2) is 0 Å². The first-order chi connectivity index (χ1) is 25.2. The minimum absolute atomic E-state index is 0.118. The topological polar surface area (TPSA) is 126 Å². The molecular formula is C42H53FN4O7. The Morgan fingerprint density at radius 2 is 1.48 bits per heavy atom. The summed E-state index contributed by atoms with van der Waals surface area (Å²) in [5.74, 6) is -2.25. The first kappa shape index (κ1) is 41.5. The molecule has 0 aliphatic carbocycles. The molecule has 3 aromatic carbocycles. The van der Waals surface area contributed by atoms with Gasteiger partial charge in [-0.25, -0.2) is 14.0 Å². The van der Waals surface area contributed by atoms with Crippen molar-refractivity contribution in [2.24, 2.45) is 5.41 Å². The summed E-state index contributed by atoms with van der Waals surface area (Å²) >= 11 is 0. The normalized spacial score (nSPS) is 15.9. The number of rotatable bonds is 10. The van der Waals surface area contributed by atoms with E-state index >= 15 is 4.79 Å². The molecular weight excluding hydrogens is 691 g/mol. The van der Waals surface area contributed by atoms with Crippen LogP contribution in [0.5, 0.6) is 0 Å². The fraction of sp³-hybridized carbons (Fsp3) is 0.452. The van der Waals surface area contributed by atoms with Gasteiger partial charge in [0.1, 0.15) is 29.5 Å². The van der Waals surface area contributed by atoms with Gasteiger partial charge in [0.25, 0.3) is 0 Å². The zero-order valence-electron chi connectivity index (χ0n) is 32.9. The fourth-order valence-corrected chi connectivity index (χ4v) is 6.30. The molecule has 12 heteroatoms. The van der Waals surface area contributed by atoms with Gasteiger partial charge in [0, 0.05) is 26.6 Å². The summed E-state index contributed by atoms with van der Waals surface area (Å²) in [5, 5.41) is 2.90. The zero-order valence-corrected chi connectivity index (χ0v) is 32.9. The first-order valence-corrected chi connectivity index (χ1v) is 18.1. The van der Waals surface area contributed by atoms with Gasteiger partial charge in [-0.2, -0.15) is 0 Å². The summed E-state index contributed by atoms with van der Waals surface area (Å²) in [6, 6.07) is 16.7. The van der Waals surface area contributed by atoms with Crippen LogP contribution in [0.4, 0.5) is 9.18 Å². The van der Waals surface area contributed by atoms with Gasteiger partial charge in [0.2, 0.25) is 17.7 Å². The molecule has 0 fully saturated rings. The number of halogens is 1. The van der Waals surface area contributed by atoms with Gasteiger partial charge in [-0.15, -0.1) is 0 Å². The van der Waals surface area contributed by atoms with Gasteiger partial charge in [-0.1, -0.05) is 69.3 Å². The average Bonchev–Trinajstić information content (AvgIpc) is 3.12. The lowest BCUT2D eigenvalue weighted by atomic mass is 9.84. The molecule has 4 amide bonds. The minimum atomic E-state index is -1.08. The Morgan fingerprint density at radius 3 is 2.04 bits per heavy atom. The number of hydrogen-bond donors (Lipinski definition) is 1. The third-order valence-corrected chi connectivity index (χ3v) is 9.69. The summed E-state index contributed by atoms with van der Waals surface area (Å²) in [7, 11) is 2.76. The Bertz CT molecular complexity index is 1830. The zero-order chi connectivity index (χ0) is 40.1. The van der Waals surface area contributed by atoms with Gasteiger partial charge < -0.3 is 24.6 Å². The van der Waals surface area contributed by atoms with Gasteiger partial charge in [0.05, 0.1) is 18.7 Å². The number of carbonyl (C=O) groups is 5. The molecule has 290 valence electrons. The number of nitrogens with one attached hydrogen (secondary N) is 1. The fourth-order valence-electron chi connectivity index (χ4n) is 6.30. The van der Waals surface area contributed by atoms with E-state index < -0.39 is 64.9 Å². The van der Waals surface area contributed by atoms with Gasteiger partial charge in [-0.3, -0.25) is 19.3 Å². The number of fused-ring (bicyclic) bond motifs is 1. The lowest BCUT2D eigenvalue weighted by Gasteiger charge is -2.43. The summed E-state index contributed by atoms with van der Waals surface area (Å²) in [6.45, 7) is 14.3. The Kier molecular flexibility index (Phi) is 12.9. The minimum Gasteiger partial charge on any atom is -0.465 e. The number of hydrogen-bond acceptors (Lipinski definition) is 7. The molecule has 11 nitrogen and oxygen atoms in total. The molecule has 0 bridgehead atoms. The standard InChI is InChI=1S/C42H53FN4O7/c1-26(29-19-21-33(43)22-20-29)46(24-28-15-17-30(18-16-28)39(51)53-10)37(49)34-23-31-13-11-12-14-32(31)25-47(34)38(50)35(41(3,4)5)44-36(48)27(2)45(9)40(52)54-42(6,7)8/h11-22,26-27,34-35H,23-25H2,1-10H3,(H,44,48)/t26-,27+,34+,35-/m1/s1. The SMILES string of the molecule is COC(=O)c1ccc(CN(C(=O)[C@@H]2Cc3ccccc3CN2C(=O)[C@@H](NC(=O)[C@H](C)N(C)C(=O)OC(C)(C)C)C(C)(C)C)[C@H](C)c2ccc(F)cc2)cc1. The predicted octanol–water partition coefficient (Wildman–Crippen LogP) is 6.44. The second kappa shape index (κ2) is 16.8. The maximum atomic E-state index is 15.0. The highest BCUT2D eigenvalue weighted by Gasteiger charge is 2.44. The van der Waals surface area contributed by atoms with Crippen molar-refractivity contribution < 1.29 is 37.8 Å². The molecule has 0 saturated carbocycles. The van der Waals surface area contributed by atoms with Crippen molar-refractivity contribution in [3.63, 3.8) is 0 Å². The first-order valence-electron chi connectivity index (χ1n) is 18.1. The molecule has 1 aliphatic rings. The van der Waals surface area contributed by atoms with Gasteiger partial charge in [-0.05, 0) is 86.6 Å². The molecule has 3 aromatic rings. The highest BCUT2D eigenvalue weighted by Crippen LogP contribution is 2.32. The van der Waals surface area contributed by atoms with Crippen molar-refractivity contribution in [3.05, 3.63) is 106 Å². The molecule has 0 spiro atoms. The van der Waals surface area contributed by atoms with Crippen LogP contribution in [-0.2, 0) is 43.4 Å². The van der Waals surface area contributed by atoms with E-state index in [0.29, 0.717) is 11.1 Å². The summed E-state index contributed by atoms with van der Waals surface area (Å²) < 4.78 is 24.3. The smallest absolute Gasteiger partial charge is 0.410 e. The molecule has 1 N–H and O–H groups in total. The van der Waals surface area contributed by atoms with Crippen LogP contribution >= 0.6 is 0 Å². The predicted molar refractivity (Wildman–Crippen MR) is 202 cm³/mol. The molecule has 0 aromatic heterocycles. The number of ether oxygens (including phenoxy) is 2. The Hall–Kier alpha value is -5.26. The Balaban J connectivity index is 1.72. The van der Waals surface area contributed by atoms with Crippen molar-refractivity contribution in [2.75, 3.05) is 14.2 Å². The molecule has 0 unspecified atom stereocenters. The van der Waals surface area contributed by atoms with Crippen LogP contribution in [0.25, 0.3) is 0 Å². The van der Waals surface area contributed by atoms with Crippen molar-refractivity contribution in [3.8, 4) is 0 Å². The second-order valence-corrected chi connectivity index (χ2v) is 15.9. The lowest BCUT2D eigenvalue weighted by Crippen LogP contribution is -2.62. The Morgan fingerprint density at radius 1 is 0.889 bits per heavy atom. The number of amides is 4. The van der Waals surface area contributed by atoms with E-state index in [9.17, 15) is 23.6 Å². The summed E-state index contributed by atoms with van der Waals surface area (Å²) in [4.78, 5) is 72.9. The second-order valence-electron chi connectivity index (χ2n) is 15.9. The average molecular weight is 745 g/mol. The number of carbonyl (C=O) groups excluding carboxylic acids is 5. The number of esters is 1. The van der Waals surface area contributed by atoms with Crippen LogP contribution in [0.3, 0.4) is 0 Å². The monoisotopic (exact) mass is 744 g/mol. The quantitative estimate of drug-likeness (QED) is 0.237. The number of methoxy groups -OCH3 is 1. The van der Waals surface area contributed by atoms with E-state index in [-0.39, 0.29) is 25.4 Å². The molecule has 4 rings (SSSR count). The van der Waals surface area contributed by atoms with E-state index in [0.717, 1.165) is 16.7 Å². The highest BCUT2D eigenvalue weighted by molar-refractivity contribution is 5.95. The molecule has 54 heavy (non-hydrogen) atoms. The van der Waals surface area contributed by atoms with E-state index in [1.165, 1.54) is 36.1 Å². The summed E-state index contributed by atoms with van der Waals surface area (Å²) in [6.07, 6.45) is -0.463. The van der Waals surface area contributed by atoms with Crippen LogP contribution in [0.15, 0.2) is 72.8 Å². The van der Waals surface area contributed by atoms with Crippen LogP contribution in [0, 0.1) is 11.2 Å². The van der Waals surface area contributed by atoms with E-state index in [1.54, 1.807) is 69.0 Å². The molecule has 4 atom stereocenters. The van der Waals surface area contributed by atoms with Crippen molar-refractivity contribution >= 4 is 29.8 Å². The number of nitrogens with zero attached hydrogens (tertiary/aromatic N) is 3. The van der Waals surface area contributed by atoms with Crippen molar-refractivity contribution in [2.45, 2.75) is 105 Å². The molecule has 1 heterocycles. The maximum absolute atomic E-state index is 15.0. The third kappa shape index (κ3) is 10.0.